The van der Waals surface area contributed by atoms with E-state index < -0.39 is 17.4 Å². The van der Waals surface area contributed by atoms with Crippen molar-refractivity contribution in [2.75, 3.05) is 6.61 Å². The van der Waals surface area contributed by atoms with E-state index in [1.165, 1.54) is 36.5 Å². The minimum absolute atomic E-state index is 0.0212. The third kappa shape index (κ3) is 2.72. The number of nitrogens with zero attached hydrogens (tertiary/aromatic N) is 5. The minimum Gasteiger partial charge on any atom is -0.476 e. The van der Waals surface area contributed by atoms with Crippen molar-refractivity contribution < 1.29 is 15.1 Å². The van der Waals surface area contributed by atoms with Crippen molar-refractivity contribution in [2.24, 2.45) is 19.3 Å². The molecule has 0 saturated heterocycles. The average molecular weight is 311 g/mol. The van der Waals surface area contributed by atoms with Crippen LogP contribution in [0.3, 0.4) is 0 Å². The fourth-order valence-electron chi connectivity index (χ4n) is 2.06. The smallest absolute Gasteiger partial charge is 0.332 e. The molecule has 0 spiro atoms. The highest BCUT2D eigenvalue weighted by molar-refractivity contribution is 5.72. The standard InChI is InChI=1S/C12H17N5O5/c1-7(14-21)22-5-8(18)4-17-6-13-10-9(17)11(19)16(3)12(20)15(10)2/h6,8,18,21H,4-5H2,1-3H3. The molecule has 0 aliphatic heterocycles. The van der Waals surface area contributed by atoms with E-state index in [1.54, 1.807) is 0 Å². The average Bonchev–Trinajstić information content (AvgIpc) is 2.92. The Morgan fingerprint density at radius 2 is 2.09 bits per heavy atom. The van der Waals surface area contributed by atoms with Gasteiger partial charge in [0, 0.05) is 21.0 Å². The zero-order valence-corrected chi connectivity index (χ0v) is 12.4. The van der Waals surface area contributed by atoms with Gasteiger partial charge < -0.3 is 19.6 Å². The zero-order chi connectivity index (χ0) is 16.4. The Morgan fingerprint density at radius 1 is 1.41 bits per heavy atom. The number of hydrogen-bond acceptors (Lipinski definition) is 7. The number of fused-ring (bicyclic) bond motifs is 1. The molecule has 1 unspecified atom stereocenters. The molecular weight excluding hydrogens is 294 g/mol. The second-order valence-corrected chi connectivity index (χ2v) is 4.86. The molecule has 2 heterocycles. The predicted molar refractivity (Wildman–Crippen MR) is 77.1 cm³/mol. The Bertz CT molecular complexity index is 831. The van der Waals surface area contributed by atoms with Gasteiger partial charge in [-0.25, -0.2) is 9.78 Å². The lowest BCUT2D eigenvalue weighted by atomic mass is 10.3. The maximum atomic E-state index is 12.2. The van der Waals surface area contributed by atoms with Crippen molar-refractivity contribution in [3.05, 3.63) is 27.2 Å². The van der Waals surface area contributed by atoms with Gasteiger partial charge in [-0.05, 0) is 0 Å². The molecule has 10 heteroatoms. The van der Waals surface area contributed by atoms with Gasteiger partial charge in [-0.15, -0.1) is 0 Å². The van der Waals surface area contributed by atoms with Crippen molar-refractivity contribution in [1.29, 1.82) is 0 Å². The number of aliphatic hydroxyl groups is 1. The van der Waals surface area contributed by atoms with E-state index in [0.29, 0.717) is 0 Å². The van der Waals surface area contributed by atoms with Gasteiger partial charge in [0.05, 0.1) is 12.9 Å². The highest BCUT2D eigenvalue weighted by atomic mass is 16.5. The van der Waals surface area contributed by atoms with Crippen LogP contribution in [0.25, 0.3) is 11.2 Å². The molecule has 1 atom stereocenters. The summed E-state index contributed by atoms with van der Waals surface area (Å²) in [6.07, 6.45) is 0.429. The fraction of sp³-hybridized carbons (Fsp3) is 0.500. The van der Waals surface area contributed by atoms with Crippen molar-refractivity contribution in [2.45, 2.75) is 19.6 Å². The molecule has 2 aromatic heterocycles. The van der Waals surface area contributed by atoms with Crippen LogP contribution in [-0.4, -0.2) is 47.6 Å². The second-order valence-electron chi connectivity index (χ2n) is 4.86. The summed E-state index contributed by atoms with van der Waals surface area (Å²) in [5.41, 5.74) is -0.497. The number of hydrogen-bond donors (Lipinski definition) is 2. The van der Waals surface area contributed by atoms with E-state index in [2.05, 4.69) is 10.1 Å². The van der Waals surface area contributed by atoms with Gasteiger partial charge in [0.2, 0.25) is 5.90 Å². The third-order valence-corrected chi connectivity index (χ3v) is 3.25. The molecule has 2 rings (SSSR count). The van der Waals surface area contributed by atoms with Crippen LogP contribution in [0.4, 0.5) is 0 Å². The summed E-state index contributed by atoms with van der Waals surface area (Å²) in [6.45, 7) is 1.37. The monoisotopic (exact) mass is 311 g/mol. The van der Waals surface area contributed by atoms with Crippen molar-refractivity contribution in [3.63, 3.8) is 0 Å². The number of aliphatic hydroxyl groups excluding tert-OH is 1. The molecular formula is C12H17N5O5. The van der Waals surface area contributed by atoms with E-state index in [1.807, 2.05) is 0 Å². The summed E-state index contributed by atoms with van der Waals surface area (Å²) in [5, 5.41) is 21.2. The molecule has 0 aliphatic carbocycles. The molecule has 22 heavy (non-hydrogen) atoms. The molecule has 2 N–H and O–H groups in total. The van der Waals surface area contributed by atoms with Gasteiger partial charge in [-0.1, -0.05) is 5.16 Å². The minimum atomic E-state index is -0.948. The Balaban J connectivity index is 2.34. The van der Waals surface area contributed by atoms with Gasteiger partial charge in [0.1, 0.15) is 12.7 Å². The van der Waals surface area contributed by atoms with Gasteiger partial charge in [-0.2, -0.15) is 0 Å². The molecule has 0 radical (unpaired) electrons. The summed E-state index contributed by atoms with van der Waals surface area (Å²) in [4.78, 5) is 28.1. The maximum absolute atomic E-state index is 12.2. The number of imidazole rings is 1. The van der Waals surface area contributed by atoms with Crippen molar-refractivity contribution >= 4 is 17.1 Å². The Morgan fingerprint density at radius 3 is 2.73 bits per heavy atom. The van der Waals surface area contributed by atoms with E-state index in [4.69, 9.17) is 9.94 Å². The lowest BCUT2D eigenvalue weighted by Gasteiger charge is -2.12. The van der Waals surface area contributed by atoms with Crippen LogP contribution in [0.1, 0.15) is 6.92 Å². The highest BCUT2D eigenvalue weighted by Gasteiger charge is 2.16. The lowest BCUT2D eigenvalue weighted by molar-refractivity contribution is 0.0846. The molecule has 0 fully saturated rings. The fourth-order valence-corrected chi connectivity index (χ4v) is 2.06. The number of aryl methyl sites for hydroxylation is 1. The SMILES string of the molecule is CC(=NO)OCC(O)Cn1cnc2c1c(=O)n(C)c(=O)n2C. The lowest BCUT2D eigenvalue weighted by Crippen LogP contribution is -2.38. The molecule has 120 valence electrons. The van der Waals surface area contributed by atoms with Crippen molar-refractivity contribution in [1.82, 2.24) is 18.7 Å². The van der Waals surface area contributed by atoms with E-state index in [9.17, 15) is 14.7 Å². The molecule has 0 saturated carbocycles. The first-order valence-electron chi connectivity index (χ1n) is 6.47. The van der Waals surface area contributed by atoms with E-state index >= 15 is 0 Å². The van der Waals surface area contributed by atoms with Crippen LogP contribution < -0.4 is 11.2 Å². The number of oxime groups is 1. The van der Waals surface area contributed by atoms with Crippen LogP contribution in [0.15, 0.2) is 21.1 Å². The summed E-state index contributed by atoms with van der Waals surface area (Å²) in [5.74, 6) is 0.0212. The highest BCUT2D eigenvalue weighted by Crippen LogP contribution is 2.06. The zero-order valence-electron chi connectivity index (χ0n) is 12.4. The molecule has 2 aromatic rings. The topological polar surface area (TPSA) is 124 Å². The largest absolute Gasteiger partial charge is 0.476 e. The van der Waals surface area contributed by atoms with Gasteiger partial charge in [0.15, 0.2) is 11.2 Å². The van der Waals surface area contributed by atoms with Crippen LogP contribution in [0.2, 0.25) is 0 Å². The van der Waals surface area contributed by atoms with Crippen LogP contribution in [0, 0.1) is 0 Å². The molecule has 0 bridgehead atoms. The van der Waals surface area contributed by atoms with Gasteiger partial charge in [-0.3, -0.25) is 13.9 Å². The Kier molecular flexibility index (Phi) is 4.31. The number of ether oxygens (including phenoxy) is 1. The third-order valence-electron chi connectivity index (χ3n) is 3.25. The first kappa shape index (κ1) is 15.8. The van der Waals surface area contributed by atoms with Crippen LogP contribution in [0.5, 0.6) is 0 Å². The normalized spacial score (nSPS) is 13.5. The van der Waals surface area contributed by atoms with E-state index in [0.717, 1.165) is 4.57 Å². The van der Waals surface area contributed by atoms with Crippen molar-refractivity contribution in [3.8, 4) is 0 Å². The quantitative estimate of drug-likeness (QED) is 0.310. The summed E-state index contributed by atoms with van der Waals surface area (Å²) < 4.78 is 8.68. The van der Waals surface area contributed by atoms with Gasteiger partial charge >= 0.3 is 5.69 Å². The molecule has 10 nitrogen and oxygen atoms in total. The van der Waals surface area contributed by atoms with Crippen LogP contribution in [-0.2, 0) is 25.4 Å². The van der Waals surface area contributed by atoms with Crippen LogP contribution >= 0.6 is 0 Å². The second kappa shape index (κ2) is 6.02. The summed E-state index contributed by atoms with van der Waals surface area (Å²) >= 11 is 0. The maximum Gasteiger partial charge on any atom is 0.332 e. The van der Waals surface area contributed by atoms with E-state index in [-0.39, 0.29) is 30.2 Å². The predicted octanol–water partition coefficient (Wildman–Crippen LogP) is -1.38. The Labute approximate surface area is 124 Å². The molecule has 0 aromatic carbocycles. The van der Waals surface area contributed by atoms with Gasteiger partial charge in [0.25, 0.3) is 5.56 Å². The molecule has 0 aliphatic rings. The summed E-state index contributed by atoms with van der Waals surface area (Å²) in [6, 6.07) is 0. The Hall–Kier alpha value is -2.62. The first-order valence-corrected chi connectivity index (χ1v) is 6.47. The molecule has 0 amide bonds. The first-order chi connectivity index (χ1) is 10.4. The number of rotatable bonds is 4. The number of aromatic nitrogens is 4. The summed E-state index contributed by atoms with van der Waals surface area (Å²) in [7, 11) is 2.89.